The molecule has 0 heterocycles. The van der Waals surface area contributed by atoms with E-state index in [1.807, 2.05) is 0 Å². The molecule has 0 fully saturated rings. The Hall–Kier alpha value is -1.42. The Morgan fingerprint density at radius 2 is 1.56 bits per heavy atom. The molecule has 0 aromatic heterocycles. The van der Waals surface area contributed by atoms with Crippen molar-refractivity contribution in [1.29, 1.82) is 0 Å². The highest BCUT2D eigenvalue weighted by molar-refractivity contribution is 8.45. The summed E-state index contributed by atoms with van der Waals surface area (Å²) in [7, 11) is -9.58. The van der Waals surface area contributed by atoms with Crippen LogP contribution in [-0.2, 0) is 0 Å². The summed E-state index contributed by atoms with van der Waals surface area (Å²) in [6.45, 7) is -0.143. The first-order chi connectivity index (χ1) is 7.03. The van der Waals surface area contributed by atoms with E-state index in [-0.39, 0.29) is 24.5 Å². The van der Waals surface area contributed by atoms with E-state index in [0.29, 0.717) is 0 Å². The Kier molecular flexibility index (Phi) is 2.40. The molecule has 0 aliphatic carbocycles. The monoisotopic (exact) mass is 258 g/mol. The zero-order valence-corrected chi connectivity index (χ0v) is 8.62. The van der Waals surface area contributed by atoms with Crippen LogP contribution in [0.3, 0.4) is 0 Å². The van der Waals surface area contributed by atoms with Crippen molar-refractivity contribution in [3.8, 4) is 18.1 Å². The zero-order chi connectivity index (χ0) is 12.5. The molecule has 0 saturated carbocycles. The highest BCUT2D eigenvalue weighted by atomic mass is 32.5. The van der Waals surface area contributed by atoms with Gasteiger partial charge < -0.3 is 4.74 Å². The van der Waals surface area contributed by atoms with Crippen molar-refractivity contribution in [1.82, 2.24) is 0 Å². The fourth-order valence-corrected chi connectivity index (χ4v) is 1.57. The average Bonchev–Trinajstić information content (AvgIpc) is 2.12. The van der Waals surface area contributed by atoms with E-state index in [2.05, 4.69) is 5.92 Å². The molecular weight excluding hydrogens is 251 g/mol. The molecule has 16 heavy (non-hydrogen) atoms. The molecule has 0 bridgehead atoms. The number of halogens is 5. The van der Waals surface area contributed by atoms with Crippen LogP contribution in [0.4, 0.5) is 19.4 Å². The van der Waals surface area contributed by atoms with E-state index < -0.39 is 15.1 Å². The van der Waals surface area contributed by atoms with Crippen LogP contribution in [0.2, 0.25) is 0 Å². The minimum Gasteiger partial charge on any atom is -0.481 e. The molecule has 7 heteroatoms. The number of hydrogen-bond donors (Lipinski definition) is 0. The van der Waals surface area contributed by atoms with Gasteiger partial charge in [-0.05, 0) is 24.3 Å². The van der Waals surface area contributed by atoms with Gasteiger partial charge in [0, 0.05) is 0 Å². The number of hydrogen-bond acceptors (Lipinski definition) is 1. The number of ether oxygens (including phenoxy) is 1. The van der Waals surface area contributed by atoms with Gasteiger partial charge in [0.25, 0.3) is 0 Å². The van der Waals surface area contributed by atoms with E-state index in [4.69, 9.17) is 11.2 Å². The van der Waals surface area contributed by atoms with E-state index in [1.54, 1.807) is 0 Å². The van der Waals surface area contributed by atoms with E-state index in [0.717, 1.165) is 12.1 Å². The molecule has 0 aliphatic heterocycles. The maximum Gasteiger partial charge on any atom is 0.310 e. The molecule has 0 N–H and O–H groups in total. The van der Waals surface area contributed by atoms with Gasteiger partial charge in [-0.3, -0.25) is 0 Å². The Bertz CT molecular complexity index is 427. The summed E-state index contributed by atoms with van der Waals surface area (Å²) >= 11 is 0. The maximum atomic E-state index is 12.3. The average molecular weight is 258 g/mol. The third kappa shape index (κ3) is 3.31. The van der Waals surface area contributed by atoms with E-state index >= 15 is 0 Å². The molecule has 0 radical (unpaired) electrons. The molecule has 90 valence electrons. The van der Waals surface area contributed by atoms with Crippen LogP contribution in [0.1, 0.15) is 0 Å². The lowest BCUT2D eigenvalue weighted by Crippen LogP contribution is -2.05. The molecule has 0 atom stereocenters. The lowest BCUT2D eigenvalue weighted by molar-refractivity contribution is 0.360. The molecule has 0 aliphatic rings. The Labute approximate surface area is 88.9 Å². The largest absolute Gasteiger partial charge is 0.481 e. The van der Waals surface area contributed by atoms with Crippen molar-refractivity contribution in [2.75, 3.05) is 6.61 Å². The van der Waals surface area contributed by atoms with Crippen LogP contribution in [-0.4, -0.2) is 6.61 Å². The molecule has 1 aromatic carbocycles. The highest BCUT2D eigenvalue weighted by Crippen LogP contribution is 3.02. The van der Waals surface area contributed by atoms with Crippen LogP contribution >= 0.6 is 10.2 Å². The second-order valence-corrected chi connectivity index (χ2v) is 5.34. The van der Waals surface area contributed by atoms with E-state index in [9.17, 15) is 19.4 Å². The van der Waals surface area contributed by atoms with Crippen molar-refractivity contribution in [3.63, 3.8) is 0 Å². The molecule has 0 spiro atoms. The van der Waals surface area contributed by atoms with Crippen LogP contribution in [0, 0.1) is 12.3 Å². The molecule has 0 saturated heterocycles. The van der Waals surface area contributed by atoms with Crippen LogP contribution in [0.5, 0.6) is 5.75 Å². The van der Waals surface area contributed by atoms with Crippen molar-refractivity contribution in [2.24, 2.45) is 0 Å². The van der Waals surface area contributed by atoms with Gasteiger partial charge >= 0.3 is 10.2 Å². The maximum absolute atomic E-state index is 12.3. The first-order valence-corrected chi connectivity index (χ1v) is 5.88. The molecule has 1 rings (SSSR count). The van der Waals surface area contributed by atoms with Gasteiger partial charge in [-0.15, -0.1) is 6.42 Å². The fourth-order valence-electron chi connectivity index (χ4n) is 0.918. The van der Waals surface area contributed by atoms with E-state index in [1.165, 1.54) is 0 Å². The van der Waals surface area contributed by atoms with Gasteiger partial charge in [0.1, 0.15) is 17.3 Å². The minimum atomic E-state index is -9.58. The molecular formula is C9H7F5OS. The predicted molar refractivity (Wildman–Crippen MR) is 52.2 cm³/mol. The van der Waals surface area contributed by atoms with Gasteiger partial charge in [0.05, 0.1) is 0 Å². The quantitative estimate of drug-likeness (QED) is 0.578. The first-order valence-electron chi connectivity index (χ1n) is 3.93. The zero-order valence-electron chi connectivity index (χ0n) is 7.80. The first kappa shape index (κ1) is 12.6. The summed E-state index contributed by atoms with van der Waals surface area (Å²) in [4.78, 5) is -1.95. The van der Waals surface area contributed by atoms with Gasteiger partial charge in [0.15, 0.2) is 0 Å². The number of benzene rings is 1. The van der Waals surface area contributed by atoms with Crippen LogP contribution < -0.4 is 4.74 Å². The Morgan fingerprint density at radius 3 is 1.94 bits per heavy atom. The molecule has 0 unspecified atom stereocenters. The predicted octanol–water partition coefficient (Wildman–Crippen LogP) is 4.36. The molecule has 0 amide bonds. The van der Waals surface area contributed by atoms with Gasteiger partial charge in [-0.1, -0.05) is 25.3 Å². The summed E-state index contributed by atoms with van der Waals surface area (Å²) < 4.78 is 66.0. The van der Waals surface area contributed by atoms with Crippen molar-refractivity contribution < 1.29 is 24.2 Å². The summed E-state index contributed by atoms with van der Waals surface area (Å²) in [5.74, 6) is 2.09. The molecule has 1 aromatic rings. The minimum absolute atomic E-state index is 0.00329. The third-order valence-corrected chi connectivity index (χ3v) is 2.75. The van der Waals surface area contributed by atoms with Gasteiger partial charge in [-0.2, -0.15) is 0 Å². The number of terminal acetylenes is 1. The summed E-state index contributed by atoms with van der Waals surface area (Å²) in [6, 6.07) is 2.13. The Morgan fingerprint density at radius 1 is 1.06 bits per heavy atom. The highest BCUT2D eigenvalue weighted by Gasteiger charge is 2.65. The summed E-state index contributed by atoms with van der Waals surface area (Å²) in [6.07, 6.45) is 4.85. The third-order valence-electron chi connectivity index (χ3n) is 1.59. The smallest absolute Gasteiger partial charge is 0.310 e. The summed E-state index contributed by atoms with van der Waals surface area (Å²) in [5.41, 5.74) is 0. The standard InChI is InChI=1S/C9H7F5OS/c1-2-7-15-8-3-5-9(6-4-8)16(10,11,12,13)14/h1,3-6H,7H2. The van der Waals surface area contributed by atoms with Crippen LogP contribution in [0.25, 0.3) is 0 Å². The SMILES string of the molecule is C#CCOc1ccc(S(F)(F)(F)(F)F)cc1. The second kappa shape index (κ2) is 3.04. The lowest BCUT2D eigenvalue weighted by Gasteiger charge is -2.40. The second-order valence-electron chi connectivity index (χ2n) is 2.93. The normalized spacial score (nSPS) is 15.8. The van der Waals surface area contributed by atoms with Crippen molar-refractivity contribution >= 4 is 10.2 Å². The van der Waals surface area contributed by atoms with Gasteiger partial charge in [0.2, 0.25) is 0 Å². The van der Waals surface area contributed by atoms with Gasteiger partial charge in [-0.25, -0.2) is 0 Å². The molecule has 1 nitrogen and oxygen atoms in total. The topological polar surface area (TPSA) is 9.23 Å². The van der Waals surface area contributed by atoms with Crippen LogP contribution in [0.15, 0.2) is 29.2 Å². The Balaban J connectivity index is 3.02. The van der Waals surface area contributed by atoms with Crippen molar-refractivity contribution in [3.05, 3.63) is 24.3 Å². The lowest BCUT2D eigenvalue weighted by atomic mass is 10.3. The fraction of sp³-hybridized carbons (Fsp3) is 0.111. The summed E-state index contributed by atoms with van der Waals surface area (Å²) in [5, 5.41) is 0. The number of rotatable bonds is 3. The van der Waals surface area contributed by atoms with Crippen molar-refractivity contribution in [2.45, 2.75) is 4.90 Å².